The van der Waals surface area contributed by atoms with Gasteiger partial charge in [0.1, 0.15) is 9.84 Å². The maximum absolute atomic E-state index is 11.3. The highest BCUT2D eigenvalue weighted by Crippen LogP contribution is 1.98. The van der Waals surface area contributed by atoms with Gasteiger partial charge >= 0.3 is 0 Å². The molecule has 1 heterocycles. The van der Waals surface area contributed by atoms with Gasteiger partial charge in [-0.15, -0.1) is 0 Å². The maximum Gasteiger partial charge on any atom is 0.250 e. The van der Waals surface area contributed by atoms with Crippen LogP contribution in [0.5, 0.6) is 0 Å². The Morgan fingerprint density at radius 1 is 1.40 bits per heavy atom. The highest BCUT2D eigenvalue weighted by atomic mass is 32.2. The summed E-state index contributed by atoms with van der Waals surface area (Å²) >= 11 is 0. The number of aryl methyl sites for hydroxylation is 1. The van der Waals surface area contributed by atoms with Crippen molar-refractivity contribution in [3.8, 4) is 0 Å². The predicted molar refractivity (Wildman–Crippen MR) is 59.4 cm³/mol. The summed E-state index contributed by atoms with van der Waals surface area (Å²) in [6.07, 6.45) is 3.11. The fraction of sp³-hybridized carbons (Fsp3) is 0.444. The molecule has 1 aromatic rings. The lowest BCUT2D eigenvalue weighted by Gasteiger charge is -2.05. The number of sulfone groups is 1. The van der Waals surface area contributed by atoms with Crippen molar-refractivity contribution in [1.82, 2.24) is 4.57 Å². The summed E-state index contributed by atoms with van der Waals surface area (Å²) in [6.45, 7) is 0.372. The van der Waals surface area contributed by atoms with Gasteiger partial charge in [0.25, 0.3) is 5.56 Å². The Morgan fingerprint density at radius 2 is 2.07 bits per heavy atom. The average Bonchev–Trinajstić information content (AvgIpc) is 2.09. The van der Waals surface area contributed by atoms with Crippen LogP contribution in [0.2, 0.25) is 0 Å². The molecule has 15 heavy (non-hydrogen) atoms. The molecular weight excluding hydrogens is 216 g/mol. The van der Waals surface area contributed by atoms with Gasteiger partial charge < -0.3 is 10.3 Å². The Labute approximate surface area is 88.4 Å². The van der Waals surface area contributed by atoms with Crippen molar-refractivity contribution in [2.75, 3.05) is 17.7 Å². The second-order valence-electron chi connectivity index (χ2n) is 3.48. The Balaban J connectivity index is 2.66. The van der Waals surface area contributed by atoms with Gasteiger partial charge in [-0.1, -0.05) is 0 Å². The fourth-order valence-corrected chi connectivity index (χ4v) is 1.88. The number of rotatable bonds is 4. The summed E-state index contributed by atoms with van der Waals surface area (Å²) in [6, 6.07) is 2.89. The van der Waals surface area contributed by atoms with Crippen molar-refractivity contribution in [2.24, 2.45) is 0 Å². The topological polar surface area (TPSA) is 82.2 Å². The van der Waals surface area contributed by atoms with Crippen molar-refractivity contribution in [2.45, 2.75) is 13.0 Å². The van der Waals surface area contributed by atoms with Crippen LogP contribution in [-0.4, -0.2) is 25.0 Å². The van der Waals surface area contributed by atoms with Gasteiger partial charge in [-0.05, 0) is 12.5 Å². The van der Waals surface area contributed by atoms with Crippen molar-refractivity contribution in [3.63, 3.8) is 0 Å². The summed E-state index contributed by atoms with van der Waals surface area (Å²) in [4.78, 5) is 11.3. The molecule has 0 aliphatic heterocycles. The van der Waals surface area contributed by atoms with E-state index in [4.69, 9.17) is 5.73 Å². The molecule has 0 atom stereocenters. The average molecular weight is 230 g/mol. The number of hydrogen-bond donors (Lipinski definition) is 1. The maximum atomic E-state index is 11.3. The zero-order valence-electron chi connectivity index (χ0n) is 8.51. The van der Waals surface area contributed by atoms with Gasteiger partial charge in [0.2, 0.25) is 0 Å². The van der Waals surface area contributed by atoms with E-state index < -0.39 is 9.84 Å². The molecule has 0 radical (unpaired) electrons. The Hall–Kier alpha value is -1.30. The van der Waals surface area contributed by atoms with Crippen LogP contribution in [0.1, 0.15) is 6.42 Å². The quantitative estimate of drug-likeness (QED) is 0.780. The van der Waals surface area contributed by atoms with E-state index in [-0.39, 0.29) is 11.3 Å². The second kappa shape index (κ2) is 4.48. The van der Waals surface area contributed by atoms with Gasteiger partial charge in [0, 0.05) is 30.8 Å². The molecule has 0 unspecified atom stereocenters. The number of hydrogen-bond acceptors (Lipinski definition) is 4. The first kappa shape index (κ1) is 11.8. The summed E-state index contributed by atoms with van der Waals surface area (Å²) in [5.74, 6) is 0.0776. The van der Waals surface area contributed by atoms with E-state index >= 15 is 0 Å². The summed E-state index contributed by atoms with van der Waals surface area (Å²) < 4.78 is 23.1. The molecule has 5 nitrogen and oxygen atoms in total. The molecule has 0 aliphatic rings. The third-order valence-electron chi connectivity index (χ3n) is 1.92. The van der Waals surface area contributed by atoms with Gasteiger partial charge in [-0.3, -0.25) is 4.79 Å². The predicted octanol–water partition coefficient (Wildman–Crippen LogP) is -0.135. The van der Waals surface area contributed by atoms with Crippen LogP contribution in [0.15, 0.2) is 23.1 Å². The lowest BCUT2D eigenvalue weighted by atomic mass is 10.4. The van der Waals surface area contributed by atoms with Crippen LogP contribution in [-0.2, 0) is 16.4 Å². The smallest absolute Gasteiger partial charge is 0.250 e. The zero-order chi connectivity index (χ0) is 11.5. The third-order valence-corrected chi connectivity index (χ3v) is 2.95. The normalized spacial score (nSPS) is 11.5. The number of nitrogen functional groups attached to an aromatic ring is 1. The first-order chi connectivity index (χ1) is 6.88. The summed E-state index contributed by atoms with van der Waals surface area (Å²) in [5, 5.41) is 0. The molecule has 0 spiro atoms. The molecule has 0 saturated carbocycles. The minimum Gasteiger partial charge on any atom is -0.398 e. The van der Waals surface area contributed by atoms with Crippen LogP contribution in [0.4, 0.5) is 5.69 Å². The molecule has 84 valence electrons. The molecular formula is C9H14N2O3S. The van der Waals surface area contributed by atoms with E-state index in [1.165, 1.54) is 29.2 Å². The van der Waals surface area contributed by atoms with Crippen molar-refractivity contribution in [3.05, 3.63) is 28.7 Å². The third kappa shape index (κ3) is 4.16. The molecule has 0 fully saturated rings. The molecule has 0 amide bonds. The first-order valence-corrected chi connectivity index (χ1v) is 6.58. The van der Waals surface area contributed by atoms with Gasteiger partial charge in [0.05, 0.1) is 5.75 Å². The van der Waals surface area contributed by atoms with E-state index in [0.29, 0.717) is 18.7 Å². The summed E-state index contributed by atoms with van der Waals surface area (Å²) in [5.41, 5.74) is 5.83. The lowest BCUT2D eigenvalue weighted by Crippen LogP contribution is -2.20. The summed E-state index contributed by atoms with van der Waals surface area (Å²) in [7, 11) is -2.96. The van der Waals surface area contributed by atoms with Gasteiger partial charge in [0.15, 0.2) is 0 Å². The Kier molecular flexibility index (Phi) is 3.52. The van der Waals surface area contributed by atoms with Crippen LogP contribution in [0, 0.1) is 0 Å². The largest absolute Gasteiger partial charge is 0.398 e. The van der Waals surface area contributed by atoms with Gasteiger partial charge in [-0.25, -0.2) is 8.42 Å². The van der Waals surface area contributed by atoms with Gasteiger partial charge in [-0.2, -0.15) is 0 Å². The molecule has 0 bridgehead atoms. The highest BCUT2D eigenvalue weighted by molar-refractivity contribution is 7.90. The van der Waals surface area contributed by atoms with Crippen LogP contribution < -0.4 is 11.3 Å². The number of anilines is 1. The first-order valence-electron chi connectivity index (χ1n) is 4.52. The Morgan fingerprint density at radius 3 is 2.67 bits per heavy atom. The monoisotopic (exact) mass is 230 g/mol. The van der Waals surface area contributed by atoms with E-state index in [0.717, 1.165) is 0 Å². The SMILES string of the molecule is CS(=O)(=O)CCCn1cc(N)ccc1=O. The van der Waals surface area contributed by atoms with E-state index in [1.54, 1.807) is 0 Å². The molecule has 2 N–H and O–H groups in total. The molecule has 0 saturated heterocycles. The molecule has 0 aliphatic carbocycles. The lowest BCUT2D eigenvalue weighted by molar-refractivity contribution is 0.589. The second-order valence-corrected chi connectivity index (χ2v) is 5.74. The van der Waals surface area contributed by atoms with Crippen molar-refractivity contribution >= 4 is 15.5 Å². The molecule has 0 aromatic carbocycles. The van der Waals surface area contributed by atoms with E-state index in [9.17, 15) is 13.2 Å². The number of pyridine rings is 1. The minimum atomic E-state index is -2.96. The number of nitrogens with zero attached hydrogens (tertiary/aromatic N) is 1. The molecule has 1 rings (SSSR count). The fourth-order valence-electron chi connectivity index (χ4n) is 1.22. The highest BCUT2D eigenvalue weighted by Gasteiger charge is 2.02. The molecule has 6 heteroatoms. The zero-order valence-corrected chi connectivity index (χ0v) is 9.33. The number of aromatic nitrogens is 1. The van der Waals surface area contributed by atoms with Crippen LogP contribution in [0.3, 0.4) is 0 Å². The van der Waals surface area contributed by atoms with Crippen LogP contribution in [0.25, 0.3) is 0 Å². The van der Waals surface area contributed by atoms with E-state index in [2.05, 4.69) is 0 Å². The van der Waals surface area contributed by atoms with Crippen molar-refractivity contribution in [1.29, 1.82) is 0 Å². The minimum absolute atomic E-state index is 0.0776. The van der Waals surface area contributed by atoms with Crippen molar-refractivity contribution < 1.29 is 8.42 Å². The number of nitrogens with two attached hydrogens (primary N) is 1. The standard InChI is InChI=1S/C9H14N2O3S/c1-15(13,14)6-2-5-11-7-8(10)3-4-9(11)12/h3-4,7H,2,5-6,10H2,1H3. The Bertz CT molecular complexity index is 490. The molecule has 1 aromatic heterocycles. The van der Waals surface area contributed by atoms with E-state index in [1.807, 2.05) is 0 Å². The van der Waals surface area contributed by atoms with Crippen LogP contribution >= 0.6 is 0 Å².